The van der Waals surface area contributed by atoms with Gasteiger partial charge < -0.3 is 10.6 Å². The van der Waals surface area contributed by atoms with E-state index in [1.54, 1.807) is 12.3 Å². The summed E-state index contributed by atoms with van der Waals surface area (Å²) in [6.07, 6.45) is 2.39. The summed E-state index contributed by atoms with van der Waals surface area (Å²) in [5.74, 6) is -0.143. The van der Waals surface area contributed by atoms with Gasteiger partial charge in [-0.05, 0) is 36.8 Å². The third-order valence-corrected chi connectivity index (χ3v) is 5.18. The third kappa shape index (κ3) is 5.21. The molecule has 1 aromatic heterocycles. The van der Waals surface area contributed by atoms with Crippen LogP contribution in [0.3, 0.4) is 0 Å². The van der Waals surface area contributed by atoms with E-state index in [0.29, 0.717) is 21.6 Å². The van der Waals surface area contributed by atoms with Crippen LogP contribution in [-0.2, 0) is 11.2 Å². The van der Waals surface area contributed by atoms with Gasteiger partial charge in [-0.3, -0.25) is 4.79 Å². The predicted octanol–water partition coefficient (Wildman–Crippen LogP) is 5.40. The molecule has 2 N–H and O–H groups in total. The van der Waals surface area contributed by atoms with E-state index in [1.165, 1.54) is 16.9 Å². The molecule has 0 aliphatic rings. The molecule has 0 fully saturated rings. The Morgan fingerprint density at radius 1 is 1.15 bits per heavy atom. The second kappa shape index (κ2) is 8.54. The van der Waals surface area contributed by atoms with Crippen molar-refractivity contribution in [3.05, 3.63) is 74.7 Å². The molecule has 0 unspecified atom stereocenters. The molecule has 1 amide bonds. The fourth-order valence-corrected chi connectivity index (χ4v) is 3.64. The van der Waals surface area contributed by atoms with Crippen molar-refractivity contribution < 1.29 is 4.79 Å². The standard InChI is InChI=1S/C19H17Cl2N3OS/c1-12-2-6-15(7-3-12)22-11-18(25)24-19-23-10-16(26-19)8-13-4-5-14(20)9-17(13)21/h2-7,9-10,22H,8,11H2,1H3,(H,23,24,25). The van der Waals surface area contributed by atoms with Crippen molar-refractivity contribution in [1.82, 2.24) is 4.98 Å². The molecule has 0 aliphatic carbocycles. The number of nitrogens with zero attached hydrogens (tertiary/aromatic N) is 1. The Balaban J connectivity index is 1.54. The number of aromatic nitrogens is 1. The highest BCUT2D eigenvalue weighted by Gasteiger charge is 2.09. The van der Waals surface area contributed by atoms with Crippen molar-refractivity contribution in [2.45, 2.75) is 13.3 Å². The lowest BCUT2D eigenvalue weighted by molar-refractivity contribution is -0.114. The maximum absolute atomic E-state index is 12.1. The molecule has 0 aliphatic heterocycles. The SMILES string of the molecule is Cc1ccc(NCC(=O)Nc2ncc(Cc3ccc(Cl)cc3Cl)s2)cc1. The van der Waals surface area contributed by atoms with Crippen LogP contribution in [0.2, 0.25) is 10.0 Å². The minimum atomic E-state index is -0.143. The zero-order valence-corrected chi connectivity index (χ0v) is 16.4. The number of carbonyl (C=O) groups excluding carboxylic acids is 1. The number of amides is 1. The number of thiazole rings is 1. The zero-order chi connectivity index (χ0) is 18.5. The summed E-state index contributed by atoms with van der Waals surface area (Å²) in [5, 5.41) is 7.69. The molecule has 2 aromatic carbocycles. The largest absolute Gasteiger partial charge is 0.376 e. The van der Waals surface area contributed by atoms with Crippen LogP contribution in [0.25, 0.3) is 0 Å². The average molecular weight is 406 g/mol. The molecule has 0 saturated heterocycles. The number of carbonyl (C=O) groups is 1. The van der Waals surface area contributed by atoms with E-state index in [4.69, 9.17) is 23.2 Å². The maximum atomic E-state index is 12.1. The normalized spacial score (nSPS) is 10.6. The highest BCUT2D eigenvalue weighted by atomic mass is 35.5. The van der Waals surface area contributed by atoms with Crippen LogP contribution in [0.5, 0.6) is 0 Å². The van der Waals surface area contributed by atoms with Crippen LogP contribution in [0.1, 0.15) is 16.0 Å². The number of anilines is 2. The molecule has 3 rings (SSSR count). The van der Waals surface area contributed by atoms with Crippen LogP contribution >= 0.6 is 34.5 Å². The summed E-state index contributed by atoms with van der Waals surface area (Å²) in [6, 6.07) is 13.3. The Morgan fingerprint density at radius 3 is 2.65 bits per heavy atom. The van der Waals surface area contributed by atoms with E-state index in [9.17, 15) is 4.79 Å². The van der Waals surface area contributed by atoms with Crippen molar-refractivity contribution in [3.63, 3.8) is 0 Å². The van der Waals surface area contributed by atoms with Crippen molar-refractivity contribution in [2.24, 2.45) is 0 Å². The Labute approximate surface area is 166 Å². The molecule has 26 heavy (non-hydrogen) atoms. The summed E-state index contributed by atoms with van der Waals surface area (Å²) in [6.45, 7) is 2.20. The fourth-order valence-electron chi connectivity index (χ4n) is 2.32. The van der Waals surface area contributed by atoms with Gasteiger partial charge >= 0.3 is 0 Å². The first kappa shape index (κ1) is 18.7. The Morgan fingerprint density at radius 2 is 1.92 bits per heavy atom. The number of hydrogen-bond acceptors (Lipinski definition) is 4. The van der Waals surface area contributed by atoms with Gasteiger partial charge in [-0.15, -0.1) is 11.3 Å². The van der Waals surface area contributed by atoms with Gasteiger partial charge in [0.25, 0.3) is 0 Å². The molecule has 3 aromatic rings. The molecule has 0 radical (unpaired) electrons. The second-order valence-corrected chi connectivity index (χ2v) is 7.77. The van der Waals surface area contributed by atoms with Crippen LogP contribution in [0.4, 0.5) is 10.8 Å². The molecule has 1 heterocycles. The first-order valence-electron chi connectivity index (χ1n) is 7.98. The van der Waals surface area contributed by atoms with Gasteiger partial charge in [0.15, 0.2) is 5.13 Å². The van der Waals surface area contributed by atoms with E-state index in [0.717, 1.165) is 16.1 Å². The molecule has 0 bridgehead atoms. The van der Waals surface area contributed by atoms with E-state index in [1.807, 2.05) is 43.3 Å². The van der Waals surface area contributed by atoms with Gasteiger partial charge in [0.1, 0.15) is 0 Å². The van der Waals surface area contributed by atoms with Crippen LogP contribution in [0.15, 0.2) is 48.7 Å². The summed E-state index contributed by atoms with van der Waals surface area (Å²) >= 11 is 13.5. The van der Waals surface area contributed by atoms with Crippen LogP contribution in [0, 0.1) is 6.92 Å². The minimum Gasteiger partial charge on any atom is -0.376 e. The summed E-state index contributed by atoms with van der Waals surface area (Å²) in [7, 11) is 0. The topological polar surface area (TPSA) is 54.0 Å². The number of benzene rings is 2. The maximum Gasteiger partial charge on any atom is 0.245 e. The van der Waals surface area contributed by atoms with Crippen molar-refractivity contribution in [2.75, 3.05) is 17.2 Å². The quantitative estimate of drug-likeness (QED) is 0.576. The number of nitrogens with one attached hydrogen (secondary N) is 2. The number of hydrogen-bond donors (Lipinski definition) is 2. The number of halogens is 2. The van der Waals surface area contributed by atoms with Gasteiger partial charge in [0.05, 0.1) is 6.54 Å². The number of rotatable bonds is 6. The second-order valence-electron chi connectivity index (χ2n) is 5.81. The lowest BCUT2D eigenvalue weighted by Gasteiger charge is -2.06. The molecule has 0 spiro atoms. The first-order valence-corrected chi connectivity index (χ1v) is 9.56. The predicted molar refractivity (Wildman–Crippen MR) is 110 cm³/mol. The number of aryl methyl sites for hydroxylation is 1. The minimum absolute atomic E-state index is 0.143. The molecule has 0 atom stereocenters. The fraction of sp³-hybridized carbons (Fsp3) is 0.158. The smallest absolute Gasteiger partial charge is 0.245 e. The third-order valence-electron chi connectivity index (χ3n) is 3.68. The van der Waals surface area contributed by atoms with Gasteiger partial charge in [-0.2, -0.15) is 0 Å². The van der Waals surface area contributed by atoms with E-state index in [2.05, 4.69) is 15.6 Å². The monoisotopic (exact) mass is 405 g/mol. The van der Waals surface area contributed by atoms with Crippen molar-refractivity contribution in [1.29, 1.82) is 0 Å². The highest BCUT2D eigenvalue weighted by Crippen LogP contribution is 2.26. The van der Waals surface area contributed by atoms with E-state index in [-0.39, 0.29) is 12.5 Å². The Kier molecular flexibility index (Phi) is 6.14. The van der Waals surface area contributed by atoms with Crippen molar-refractivity contribution >= 4 is 51.3 Å². The highest BCUT2D eigenvalue weighted by molar-refractivity contribution is 7.15. The molecule has 4 nitrogen and oxygen atoms in total. The van der Waals surface area contributed by atoms with Gasteiger partial charge in [0, 0.05) is 33.2 Å². The van der Waals surface area contributed by atoms with E-state index >= 15 is 0 Å². The van der Waals surface area contributed by atoms with Gasteiger partial charge in [-0.1, -0.05) is 47.0 Å². The van der Waals surface area contributed by atoms with E-state index < -0.39 is 0 Å². The van der Waals surface area contributed by atoms with Crippen molar-refractivity contribution in [3.8, 4) is 0 Å². The van der Waals surface area contributed by atoms with Gasteiger partial charge in [-0.25, -0.2) is 4.98 Å². The molecular weight excluding hydrogens is 389 g/mol. The first-order chi connectivity index (χ1) is 12.5. The molecule has 0 saturated carbocycles. The molecular formula is C19H17Cl2N3OS. The van der Waals surface area contributed by atoms with Gasteiger partial charge in [0.2, 0.25) is 5.91 Å². The average Bonchev–Trinajstić information content (AvgIpc) is 3.04. The summed E-state index contributed by atoms with van der Waals surface area (Å²) < 4.78 is 0. The lowest BCUT2D eigenvalue weighted by atomic mass is 10.1. The Bertz CT molecular complexity index is 909. The summed E-state index contributed by atoms with van der Waals surface area (Å²) in [5.41, 5.74) is 3.05. The van der Waals surface area contributed by atoms with Crippen LogP contribution < -0.4 is 10.6 Å². The lowest BCUT2D eigenvalue weighted by Crippen LogP contribution is -2.21. The van der Waals surface area contributed by atoms with Crippen LogP contribution in [-0.4, -0.2) is 17.4 Å². The molecule has 134 valence electrons. The zero-order valence-electron chi connectivity index (χ0n) is 14.1. The molecule has 7 heteroatoms. The summed E-state index contributed by atoms with van der Waals surface area (Å²) in [4.78, 5) is 17.3. The Hall–Kier alpha value is -2.08.